The number of ether oxygens (including phenoxy) is 1. The number of pyridine rings is 2. The predicted molar refractivity (Wildman–Crippen MR) is 235 cm³/mol. The highest BCUT2D eigenvalue weighted by Gasteiger charge is 2.29. The first-order valence-electron chi connectivity index (χ1n) is 19.7. The summed E-state index contributed by atoms with van der Waals surface area (Å²) in [6.45, 7) is 7.89. The predicted octanol–water partition coefficient (Wildman–Crippen LogP) is 9.86. The van der Waals surface area contributed by atoms with E-state index in [1.165, 1.54) is 59.5 Å². The van der Waals surface area contributed by atoms with Crippen LogP contribution in [0, 0.1) is 11.8 Å². The number of hydrogen-bond acceptors (Lipinski definition) is 14. The summed E-state index contributed by atoms with van der Waals surface area (Å²) >= 11 is 15.2. The van der Waals surface area contributed by atoms with Gasteiger partial charge in [-0.2, -0.15) is 0 Å². The molecule has 0 amide bonds. The number of thiazole rings is 2. The van der Waals surface area contributed by atoms with Crippen molar-refractivity contribution in [3.63, 3.8) is 0 Å². The number of anilines is 2. The fourth-order valence-corrected chi connectivity index (χ4v) is 9.94. The third-order valence-electron chi connectivity index (χ3n) is 11.1. The summed E-state index contributed by atoms with van der Waals surface area (Å²) in [4.78, 5) is 41.7. The van der Waals surface area contributed by atoms with Crippen LogP contribution in [0.5, 0.6) is 5.19 Å². The fourth-order valence-electron chi connectivity index (χ4n) is 7.24. The molecule has 4 fully saturated rings. The summed E-state index contributed by atoms with van der Waals surface area (Å²) in [6, 6.07) is 7.60. The molecule has 12 nitrogen and oxygen atoms in total. The average molecular weight is 957 g/mol. The maximum absolute atomic E-state index is 9.59. The Bertz CT molecular complexity index is 2240. The van der Waals surface area contributed by atoms with Crippen LogP contribution in [0.2, 0.25) is 4.47 Å². The van der Waals surface area contributed by atoms with Gasteiger partial charge in [-0.1, -0.05) is 34.3 Å². The molecule has 0 spiro atoms. The van der Waals surface area contributed by atoms with Crippen molar-refractivity contribution in [2.75, 3.05) is 36.0 Å². The lowest BCUT2D eigenvalue weighted by Crippen LogP contribution is -2.39. The summed E-state index contributed by atoms with van der Waals surface area (Å²) in [7, 11) is 0. The Morgan fingerprint density at radius 1 is 0.649 bits per heavy atom. The third kappa shape index (κ3) is 10.7. The van der Waals surface area contributed by atoms with Crippen LogP contribution in [0.4, 0.5) is 11.9 Å². The van der Waals surface area contributed by atoms with Crippen molar-refractivity contribution in [2.45, 2.75) is 89.3 Å². The molecule has 17 heteroatoms. The van der Waals surface area contributed by atoms with Gasteiger partial charge in [-0.3, -0.25) is 0 Å². The van der Waals surface area contributed by atoms with Crippen molar-refractivity contribution >= 4 is 98.7 Å². The smallest absolute Gasteiger partial charge is 0.276 e. The Kier molecular flexibility index (Phi) is 13.1. The molecule has 2 saturated carbocycles. The van der Waals surface area contributed by atoms with Crippen LogP contribution in [0.25, 0.3) is 20.7 Å². The highest BCUT2D eigenvalue weighted by Crippen LogP contribution is 2.40. The summed E-state index contributed by atoms with van der Waals surface area (Å²) in [6.07, 6.45) is 17.3. The van der Waals surface area contributed by atoms with E-state index in [9.17, 15) is 5.11 Å². The van der Waals surface area contributed by atoms with Gasteiger partial charge in [0.25, 0.3) is 5.19 Å². The van der Waals surface area contributed by atoms with Crippen molar-refractivity contribution in [1.82, 2.24) is 39.9 Å². The number of rotatable bonds is 8. The SMILES string of the molecule is CC(O)C1CCN(c2ncc(C3CC3)cn2)CC1.CC(Oc1nc2ccc(Br)nc2s1)C1CCN(c2ncc(C3CC3)cn2)CC1.Clc1nc2ccc(Br)nc2s1. The molecule has 10 rings (SSSR count). The van der Waals surface area contributed by atoms with Crippen LogP contribution in [0.15, 0.2) is 58.3 Å². The number of halogens is 3. The molecule has 300 valence electrons. The zero-order valence-corrected chi connectivity index (χ0v) is 37.4. The normalized spacial score (nSPS) is 18.8. The zero-order valence-electron chi connectivity index (χ0n) is 31.8. The fraction of sp³-hybridized carbons (Fsp3) is 0.500. The Labute approximate surface area is 362 Å². The number of aromatic nitrogens is 8. The standard InChI is InChI=1S/C20H22BrN5OS.C14H21N3O.C6H2BrClN2S/c1-12(27-20-24-16-4-5-17(21)25-18(16)28-20)13-6-8-26(9-7-13)19-22-10-15(11-23-19)14-2-3-14;1-10(18)11-4-6-17(7-5-11)14-15-8-13(9-16-14)12-2-3-12;7-4-2-1-3-5(10-4)11-6(8)9-3/h4-5,10-14H,2-3,6-9H2,1H3;8-12,18H,2-7H2,1H3;1-2H. The van der Waals surface area contributed by atoms with Crippen molar-refractivity contribution in [2.24, 2.45) is 11.8 Å². The first kappa shape index (κ1) is 40.6. The number of fused-ring (bicyclic) bond motifs is 2. The van der Waals surface area contributed by atoms with Gasteiger partial charge >= 0.3 is 0 Å². The van der Waals surface area contributed by atoms with Crippen molar-refractivity contribution in [3.8, 4) is 5.19 Å². The molecule has 6 aromatic rings. The molecule has 0 radical (unpaired) electrons. The van der Waals surface area contributed by atoms with Crippen molar-refractivity contribution in [1.29, 1.82) is 0 Å². The minimum Gasteiger partial charge on any atom is -0.467 e. The summed E-state index contributed by atoms with van der Waals surface area (Å²) in [5.74, 6) is 4.08. The Balaban J connectivity index is 0.000000133. The van der Waals surface area contributed by atoms with Gasteiger partial charge in [-0.05, 0) is 156 Å². The van der Waals surface area contributed by atoms with E-state index in [1.54, 1.807) is 0 Å². The maximum atomic E-state index is 9.59. The Morgan fingerprint density at radius 2 is 1.11 bits per heavy atom. The summed E-state index contributed by atoms with van der Waals surface area (Å²) in [5.41, 5.74) is 4.32. The van der Waals surface area contributed by atoms with Gasteiger partial charge < -0.3 is 19.6 Å². The van der Waals surface area contributed by atoms with E-state index in [0.29, 0.717) is 27.4 Å². The van der Waals surface area contributed by atoms with Crippen LogP contribution in [-0.2, 0) is 0 Å². The van der Waals surface area contributed by atoms with E-state index >= 15 is 0 Å². The van der Waals surface area contributed by atoms with Gasteiger partial charge in [-0.25, -0.2) is 39.9 Å². The van der Waals surface area contributed by atoms with Gasteiger partial charge in [0.05, 0.1) is 6.10 Å². The minimum absolute atomic E-state index is 0.129. The molecular formula is C40H45Br2ClN10O2S2. The Morgan fingerprint density at radius 3 is 1.58 bits per heavy atom. The number of aliphatic hydroxyl groups excluding tert-OH is 1. The maximum Gasteiger partial charge on any atom is 0.276 e. The average Bonchev–Trinajstić information content (AvgIpc) is 4.17. The molecule has 2 unspecified atom stereocenters. The van der Waals surface area contributed by atoms with Gasteiger partial charge in [-0.15, -0.1) is 0 Å². The molecule has 4 aliphatic rings. The van der Waals surface area contributed by atoms with Crippen LogP contribution in [0.1, 0.15) is 88.2 Å². The van der Waals surface area contributed by atoms with Crippen molar-refractivity contribution < 1.29 is 9.84 Å². The second-order valence-corrected chi connectivity index (χ2v) is 19.4. The summed E-state index contributed by atoms with van der Waals surface area (Å²) in [5, 5.41) is 10.3. The highest BCUT2D eigenvalue weighted by atomic mass is 79.9. The number of aliphatic hydroxyl groups is 1. The van der Waals surface area contributed by atoms with E-state index in [4.69, 9.17) is 16.3 Å². The molecule has 1 N–H and O–H groups in total. The number of hydrogen-bond donors (Lipinski definition) is 1. The molecule has 2 aliphatic carbocycles. The molecule has 0 bridgehead atoms. The second-order valence-electron chi connectivity index (χ2n) is 15.3. The highest BCUT2D eigenvalue weighted by molar-refractivity contribution is 9.10. The van der Waals surface area contributed by atoms with Crippen LogP contribution >= 0.6 is 66.1 Å². The topological polar surface area (TPSA) is 139 Å². The first-order chi connectivity index (χ1) is 27.6. The van der Waals surface area contributed by atoms with Crippen LogP contribution < -0.4 is 14.5 Å². The number of piperidine rings is 2. The van der Waals surface area contributed by atoms with Gasteiger partial charge in [0.15, 0.2) is 4.47 Å². The zero-order chi connectivity index (χ0) is 39.5. The van der Waals surface area contributed by atoms with Crippen LogP contribution in [-0.4, -0.2) is 83.4 Å². The monoisotopic (exact) mass is 954 g/mol. The lowest BCUT2D eigenvalue weighted by molar-refractivity contribution is 0.109. The quantitative estimate of drug-likeness (QED) is 0.145. The van der Waals surface area contributed by atoms with E-state index in [0.717, 1.165) is 99.6 Å². The molecule has 6 aromatic heterocycles. The van der Waals surface area contributed by atoms with Gasteiger partial charge in [0.2, 0.25) is 11.9 Å². The number of nitrogens with zero attached hydrogens (tertiary/aromatic N) is 10. The second kappa shape index (κ2) is 18.4. The molecule has 8 heterocycles. The molecular weight excluding hydrogens is 912 g/mol. The van der Waals surface area contributed by atoms with Crippen molar-refractivity contribution in [3.05, 3.63) is 73.9 Å². The summed E-state index contributed by atoms with van der Waals surface area (Å²) < 4.78 is 8.34. The minimum atomic E-state index is -0.190. The molecule has 2 saturated heterocycles. The first-order valence-corrected chi connectivity index (χ1v) is 23.2. The largest absolute Gasteiger partial charge is 0.467 e. The van der Waals surface area contributed by atoms with E-state index in [2.05, 4.69) is 88.5 Å². The lowest BCUT2D eigenvalue weighted by atomic mass is 9.92. The molecule has 2 atom stereocenters. The van der Waals surface area contributed by atoms with Crippen LogP contribution in [0.3, 0.4) is 0 Å². The third-order valence-corrected chi connectivity index (χ3v) is 13.9. The van der Waals surface area contributed by atoms with E-state index in [-0.39, 0.29) is 12.2 Å². The molecule has 0 aromatic carbocycles. The van der Waals surface area contributed by atoms with Gasteiger partial charge in [0.1, 0.15) is 36.0 Å². The van der Waals surface area contributed by atoms with E-state index in [1.807, 2.05) is 56.0 Å². The lowest BCUT2D eigenvalue weighted by Gasteiger charge is -2.34. The molecule has 2 aliphatic heterocycles. The van der Waals surface area contributed by atoms with Gasteiger partial charge in [0, 0.05) is 51.0 Å². The van der Waals surface area contributed by atoms with E-state index < -0.39 is 0 Å². The molecule has 57 heavy (non-hydrogen) atoms. The Hall–Kier alpha value is -3.15.